The van der Waals surface area contributed by atoms with Crippen molar-refractivity contribution < 1.29 is 13.5 Å². The molecule has 0 aliphatic rings. The Bertz CT molecular complexity index is 917. The van der Waals surface area contributed by atoms with Crippen LogP contribution in [0.1, 0.15) is 22.7 Å². The number of para-hydroxylation sites is 1. The van der Waals surface area contributed by atoms with E-state index >= 15 is 0 Å². The number of benzene rings is 3. The van der Waals surface area contributed by atoms with Crippen LogP contribution in [0.15, 0.2) is 78.9 Å². The number of hydrogen-bond donors (Lipinski definition) is 2. The number of ether oxygens (including phenoxy) is 1. The normalized spacial score (nSPS) is 11.7. The molecule has 0 aliphatic carbocycles. The molecule has 0 unspecified atom stereocenters. The summed E-state index contributed by atoms with van der Waals surface area (Å²) < 4.78 is 29.2. The average molecular weight is 398 g/mol. The molecule has 3 aromatic carbocycles. The monoisotopic (exact) mass is 398 g/mol. The fourth-order valence-corrected chi connectivity index (χ4v) is 3.08. The number of anilines is 1. The van der Waals surface area contributed by atoms with Crippen molar-refractivity contribution in [1.29, 1.82) is 0 Å². The molecule has 3 nitrogen and oxygen atoms in total. The number of nitrogens with one attached hydrogen (secondary N) is 2. The Morgan fingerprint density at radius 2 is 1.46 bits per heavy atom. The van der Waals surface area contributed by atoms with Crippen molar-refractivity contribution in [2.24, 2.45) is 0 Å². The lowest BCUT2D eigenvalue weighted by atomic mass is 9.99. The van der Waals surface area contributed by atoms with Gasteiger partial charge >= 0.3 is 6.61 Å². The lowest BCUT2D eigenvalue weighted by Gasteiger charge is -2.22. The molecule has 28 heavy (non-hydrogen) atoms. The zero-order valence-electron chi connectivity index (χ0n) is 15.2. The van der Waals surface area contributed by atoms with Gasteiger partial charge in [-0.25, -0.2) is 0 Å². The summed E-state index contributed by atoms with van der Waals surface area (Å²) in [5, 5.41) is 7.00. The SMILES string of the molecule is Cc1ccccc1NC(=S)N[C@H](c1ccccc1)c1ccc(OC(F)F)cc1. The number of alkyl halides is 2. The third-order valence-electron chi connectivity index (χ3n) is 4.24. The minimum atomic E-state index is -2.85. The zero-order chi connectivity index (χ0) is 19.9. The van der Waals surface area contributed by atoms with E-state index in [1.165, 1.54) is 12.1 Å². The van der Waals surface area contributed by atoms with E-state index in [-0.39, 0.29) is 11.8 Å². The van der Waals surface area contributed by atoms with E-state index < -0.39 is 6.61 Å². The molecule has 0 amide bonds. The second-order valence-corrected chi connectivity index (χ2v) is 6.61. The molecule has 0 aliphatic heterocycles. The molecule has 0 aromatic heterocycles. The molecule has 1 atom stereocenters. The second-order valence-electron chi connectivity index (χ2n) is 6.20. The highest BCUT2D eigenvalue weighted by Crippen LogP contribution is 2.25. The standard InChI is InChI=1S/C22H20F2N2OS/c1-15-7-5-6-10-19(15)25-22(28)26-20(16-8-3-2-4-9-16)17-11-13-18(14-12-17)27-21(23)24/h2-14,20-21H,1H3,(H2,25,26,28)/t20-/m1/s1. The Hall–Kier alpha value is -2.99. The summed E-state index contributed by atoms with van der Waals surface area (Å²) in [6.45, 7) is -0.846. The summed E-state index contributed by atoms with van der Waals surface area (Å²) >= 11 is 5.51. The number of hydrogen-bond acceptors (Lipinski definition) is 2. The molecule has 144 valence electrons. The van der Waals surface area contributed by atoms with Crippen molar-refractivity contribution >= 4 is 23.0 Å². The van der Waals surface area contributed by atoms with Crippen molar-refractivity contribution in [3.05, 3.63) is 95.6 Å². The fourth-order valence-electron chi connectivity index (χ4n) is 2.85. The smallest absolute Gasteiger partial charge is 0.387 e. The van der Waals surface area contributed by atoms with Crippen LogP contribution < -0.4 is 15.4 Å². The molecule has 0 bridgehead atoms. The van der Waals surface area contributed by atoms with Gasteiger partial charge in [-0.1, -0.05) is 60.7 Å². The highest BCUT2D eigenvalue weighted by molar-refractivity contribution is 7.80. The van der Waals surface area contributed by atoms with Crippen molar-refractivity contribution in [3.63, 3.8) is 0 Å². The van der Waals surface area contributed by atoms with Gasteiger partial charge in [0.1, 0.15) is 5.75 Å². The first-order valence-corrected chi connectivity index (χ1v) is 9.16. The van der Waals surface area contributed by atoms with Crippen LogP contribution in [0.2, 0.25) is 0 Å². The van der Waals surface area contributed by atoms with Crippen molar-refractivity contribution in [2.75, 3.05) is 5.32 Å². The quantitative estimate of drug-likeness (QED) is 0.524. The second kappa shape index (κ2) is 9.28. The molecule has 3 aromatic rings. The molecular weight excluding hydrogens is 378 g/mol. The van der Waals surface area contributed by atoms with Gasteiger partial charge in [0.2, 0.25) is 0 Å². The van der Waals surface area contributed by atoms with Gasteiger partial charge in [-0.15, -0.1) is 0 Å². The lowest BCUT2D eigenvalue weighted by molar-refractivity contribution is -0.0498. The molecular formula is C22H20F2N2OS. The molecule has 0 fully saturated rings. The first-order valence-electron chi connectivity index (χ1n) is 8.76. The molecule has 0 heterocycles. The van der Waals surface area contributed by atoms with Crippen LogP contribution in [0.3, 0.4) is 0 Å². The van der Waals surface area contributed by atoms with Gasteiger partial charge in [0.05, 0.1) is 6.04 Å². The summed E-state index contributed by atoms with van der Waals surface area (Å²) in [6.07, 6.45) is 0. The van der Waals surface area contributed by atoms with E-state index in [9.17, 15) is 8.78 Å². The maximum Gasteiger partial charge on any atom is 0.387 e. The molecule has 0 saturated heterocycles. The topological polar surface area (TPSA) is 33.3 Å². The maximum absolute atomic E-state index is 12.4. The van der Waals surface area contributed by atoms with Crippen LogP contribution in [0.5, 0.6) is 5.75 Å². The number of aryl methyl sites for hydroxylation is 1. The lowest BCUT2D eigenvalue weighted by Crippen LogP contribution is -2.33. The van der Waals surface area contributed by atoms with Crippen LogP contribution in [-0.4, -0.2) is 11.7 Å². The van der Waals surface area contributed by atoms with Gasteiger partial charge < -0.3 is 15.4 Å². The largest absolute Gasteiger partial charge is 0.435 e. The Morgan fingerprint density at radius 1 is 0.857 bits per heavy atom. The first kappa shape index (κ1) is 19.8. The average Bonchev–Trinajstić information content (AvgIpc) is 2.69. The van der Waals surface area contributed by atoms with Gasteiger partial charge in [-0.05, 0) is 54.0 Å². The van der Waals surface area contributed by atoms with E-state index in [4.69, 9.17) is 12.2 Å². The minimum absolute atomic E-state index is 0.117. The predicted octanol–water partition coefficient (Wildman–Crippen LogP) is 5.67. The van der Waals surface area contributed by atoms with Gasteiger partial charge in [0, 0.05) is 5.69 Å². The Balaban J connectivity index is 1.82. The third kappa shape index (κ3) is 5.27. The van der Waals surface area contributed by atoms with Crippen LogP contribution in [0, 0.1) is 6.92 Å². The van der Waals surface area contributed by atoms with Crippen molar-refractivity contribution in [3.8, 4) is 5.75 Å². The predicted molar refractivity (Wildman–Crippen MR) is 112 cm³/mol. The number of thiocarbonyl (C=S) groups is 1. The number of rotatable bonds is 6. The van der Waals surface area contributed by atoms with Crippen LogP contribution in [0.4, 0.5) is 14.5 Å². The molecule has 6 heteroatoms. The Morgan fingerprint density at radius 3 is 2.11 bits per heavy atom. The molecule has 0 spiro atoms. The fraction of sp³-hybridized carbons (Fsp3) is 0.136. The van der Waals surface area contributed by atoms with Crippen LogP contribution >= 0.6 is 12.2 Å². The van der Waals surface area contributed by atoms with Gasteiger partial charge in [-0.3, -0.25) is 0 Å². The van der Waals surface area contributed by atoms with Crippen LogP contribution in [-0.2, 0) is 0 Å². The van der Waals surface area contributed by atoms with Crippen molar-refractivity contribution in [2.45, 2.75) is 19.6 Å². The molecule has 2 N–H and O–H groups in total. The highest BCUT2D eigenvalue weighted by atomic mass is 32.1. The molecule has 3 rings (SSSR count). The number of halogens is 2. The van der Waals surface area contributed by atoms with E-state index in [1.807, 2.05) is 61.5 Å². The minimum Gasteiger partial charge on any atom is -0.435 e. The summed E-state index contributed by atoms with van der Waals surface area (Å²) in [5.74, 6) is 0.117. The summed E-state index contributed by atoms with van der Waals surface area (Å²) in [5.41, 5.74) is 3.88. The van der Waals surface area contributed by atoms with Crippen molar-refractivity contribution in [1.82, 2.24) is 5.32 Å². The van der Waals surface area contributed by atoms with E-state index in [1.54, 1.807) is 12.1 Å². The van der Waals surface area contributed by atoms with Crippen LogP contribution in [0.25, 0.3) is 0 Å². The summed E-state index contributed by atoms with van der Waals surface area (Å²) in [4.78, 5) is 0. The third-order valence-corrected chi connectivity index (χ3v) is 4.46. The Labute approximate surface area is 168 Å². The Kier molecular flexibility index (Phi) is 6.55. The zero-order valence-corrected chi connectivity index (χ0v) is 16.0. The molecule has 0 saturated carbocycles. The van der Waals surface area contributed by atoms with Gasteiger partial charge in [-0.2, -0.15) is 8.78 Å². The van der Waals surface area contributed by atoms with Gasteiger partial charge in [0.15, 0.2) is 5.11 Å². The van der Waals surface area contributed by atoms with E-state index in [0.717, 1.165) is 22.4 Å². The first-order chi connectivity index (χ1) is 13.5. The molecule has 0 radical (unpaired) electrons. The van der Waals surface area contributed by atoms with Gasteiger partial charge in [0.25, 0.3) is 0 Å². The van der Waals surface area contributed by atoms with E-state index in [2.05, 4.69) is 15.4 Å². The summed E-state index contributed by atoms with van der Waals surface area (Å²) in [6, 6.07) is 23.9. The highest BCUT2D eigenvalue weighted by Gasteiger charge is 2.16. The van der Waals surface area contributed by atoms with E-state index in [0.29, 0.717) is 5.11 Å². The maximum atomic E-state index is 12.4. The summed E-state index contributed by atoms with van der Waals surface area (Å²) in [7, 11) is 0.